The van der Waals surface area contributed by atoms with Crippen molar-refractivity contribution >= 4 is 62.8 Å². The van der Waals surface area contributed by atoms with Crippen LogP contribution in [0.25, 0.3) is 0 Å². The van der Waals surface area contributed by atoms with Gasteiger partial charge in [-0.15, -0.1) is 0 Å². The molecule has 0 radical (unpaired) electrons. The fraction of sp³-hybridized carbons (Fsp3) is 0.136. The van der Waals surface area contributed by atoms with Gasteiger partial charge < -0.3 is 14.2 Å². The Labute approximate surface area is 205 Å². The molecule has 0 aliphatic carbocycles. The number of thiophene rings is 1. The molecular weight excluding hydrogens is 538 g/mol. The third-order valence-electron chi connectivity index (χ3n) is 4.67. The number of methoxy groups -OCH3 is 1. The number of hydrogen-bond acceptors (Lipinski definition) is 8. The van der Waals surface area contributed by atoms with E-state index in [2.05, 4.69) is 25.7 Å². The summed E-state index contributed by atoms with van der Waals surface area (Å²) in [4.78, 5) is 30.6. The van der Waals surface area contributed by atoms with E-state index >= 15 is 0 Å². The quantitative estimate of drug-likeness (QED) is 0.333. The van der Waals surface area contributed by atoms with Crippen molar-refractivity contribution in [2.45, 2.75) is 16.9 Å². The number of rotatable bonds is 5. The second-order valence-electron chi connectivity index (χ2n) is 6.61. The zero-order valence-electron chi connectivity index (χ0n) is 16.5. The van der Waals surface area contributed by atoms with Crippen molar-refractivity contribution in [3.63, 3.8) is 0 Å². The maximum absolute atomic E-state index is 13.3. The summed E-state index contributed by atoms with van der Waals surface area (Å²) < 4.78 is 17.0. The molecule has 164 valence electrons. The molecule has 0 bridgehead atoms. The van der Waals surface area contributed by atoms with Crippen LogP contribution < -0.4 is 0 Å². The molecule has 4 rings (SSSR count). The molecule has 2 aromatic heterocycles. The fourth-order valence-electron chi connectivity index (χ4n) is 3.18. The summed E-state index contributed by atoms with van der Waals surface area (Å²) in [6.45, 7) is 0. The summed E-state index contributed by atoms with van der Waals surface area (Å²) in [6, 6.07) is 12.5. The van der Waals surface area contributed by atoms with Gasteiger partial charge in [0.05, 0.1) is 24.2 Å². The number of benzene rings is 1. The fourth-order valence-corrected chi connectivity index (χ4v) is 5.27. The molecule has 1 aliphatic heterocycles. The molecule has 1 atom stereocenters. The summed E-state index contributed by atoms with van der Waals surface area (Å²) in [7, 11) is 1.20. The van der Waals surface area contributed by atoms with Gasteiger partial charge in [-0.3, -0.25) is 4.98 Å². The van der Waals surface area contributed by atoms with Crippen molar-refractivity contribution in [1.29, 1.82) is 0 Å². The van der Waals surface area contributed by atoms with E-state index in [0.29, 0.717) is 15.6 Å². The number of carbonyl (C=O) groups is 2. The molecule has 3 aromatic rings. The predicted octanol–water partition coefficient (Wildman–Crippen LogP) is 6.54. The maximum atomic E-state index is 13.3. The number of pyridine rings is 1. The van der Waals surface area contributed by atoms with Gasteiger partial charge in [-0.25, -0.2) is 9.59 Å². The minimum Gasteiger partial charge on any atom is -0.443 e. The van der Waals surface area contributed by atoms with Gasteiger partial charge in [-0.05, 0) is 57.0 Å². The van der Waals surface area contributed by atoms with Crippen LogP contribution in [-0.2, 0) is 24.6 Å². The summed E-state index contributed by atoms with van der Waals surface area (Å²) in [5.41, 5.74) is -0.0512. The lowest BCUT2D eigenvalue weighted by atomic mass is 9.86. The number of hydrogen-bond donors (Lipinski definition) is 0. The van der Waals surface area contributed by atoms with Crippen LogP contribution in [0.2, 0.25) is 5.02 Å². The summed E-state index contributed by atoms with van der Waals surface area (Å²) >= 11 is 12.2. The zero-order chi connectivity index (χ0) is 22.7. The van der Waals surface area contributed by atoms with Gasteiger partial charge in [0.1, 0.15) is 10.7 Å². The summed E-state index contributed by atoms with van der Waals surface area (Å²) in [5.74, 6) is -0.537. The lowest BCUT2D eigenvalue weighted by Crippen LogP contribution is -2.39. The lowest BCUT2D eigenvalue weighted by Gasteiger charge is -2.37. The number of cyclic esters (lactones) is 1. The molecule has 3 heterocycles. The first-order valence-corrected chi connectivity index (χ1v) is 12.2. The van der Waals surface area contributed by atoms with E-state index in [1.165, 1.54) is 18.4 Å². The Balaban J connectivity index is 1.84. The van der Waals surface area contributed by atoms with Gasteiger partial charge in [0.25, 0.3) is 0 Å². The largest absolute Gasteiger partial charge is 0.513 e. The summed E-state index contributed by atoms with van der Waals surface area (Å²) in [6.07, 6.45) is 0.733. The third kappa shape index (κ3) is 4.56. The molecule has 1 aliphatic rings. The molecule has 0 saturated carbocycles. The second kappa shape index (κ2) is 9.66. The second-order valence-corrected chi connectivity index (χ2v) is 9.76. The number of nitrogens with zero attached hydrogens (tertiary/aromatic N) is 1. The Bertz CT molecular complexity index is 1180. The monoisotopic (exact) mass is 551 g/mol. The van der Waals surface area contributed by atoms with Crippen LogP contribution in [0.15, 0.2) is 79.5 Å². The standard InChI is InChI=1S/C22H15BrClNO5S2/c1-28-21(27)29-16-10-22(13-8-9-31-12-13,18-7-6-14(23)11-25-18)30-20(26)19(16)32-17-5-3-2-4-15(17)24/h2-9,11-12H,10H2,1H3. The summed E-state index contributed by atoms with van der Waals surface area (Å²) in [5, 5.41) is 4.21. The van der Waals surface area contributed by atoms with E-state index < -0.39 is 17.7 Å². The van der Waals surface area contributed by atoms with Crippen molar-refractivity contribution in [3.8, 4) is 0 Å². The van der Waals surface area contributed by atoms with Crippen LogP contribution in [0, 0.1) is 0 Å². The minimum absolute atomic E-state index is 0.0476. The van der Waals surface area contributed by atoms with Gasteiger partial charge >= 0.3 is 12.1 Å². The molecule has 0 amide bonds. The molecule has 0 N–H and O–H groups in total. The molecule has 0 fully saturated rings. The van der Waals surface area contributed by atoms with Gasteiger partial charge in [-0.2, -0.15) is 11.3 Å². The van der Waals surface area contributed by atoms with E-state index in [1.807, 2.05) is 22.9 Å². The highest BCUT2D eigenvalue weighted by molar-refractivity contribution is 9.10. The zero-order valence-corrected chi connectivity index (χ0v) is 20.5. The van der Waals surface area contributed by atoms with E-state index in [4.69, 9.17) is 21.1 Å². The Hall–Kier alpha value is -2.33. The smallest absolute Gasteiger partial charge is 0.443 e. The predicted molar refractivity (Wildman–Crippen MR) is 126 cm³/mol. The number of carbonyl (C=O) groups excluding carboxylic acids is 2. The van der Waals surface area contributed by atoms with Crippen LogP contribution in [0.5, 0.6) is 0 Å². The van der Waals surface area contributed by atoms with Gasteiger partial charge in [0.15, 0.2) is 5.60 Å². The van der Waals surface area contributed by atoms with Crippen molar-refractivity contribution in [2.75, 3.05) is 7.11 Å². The first-order chi connectivity index (χ1) is 15.4. The minimum atomic E-state index is -1.27. The molecule has 32 heavy (non-hydrogen) atoms. The third-order valence-corrected chi connectivity index (χ3v) is 7.43. The van der Waals surface area contributed by atoms with Gasteiger partial charge in [0, 0.05) is 21.1 Å². The van der Waals surface area contributed by atoms with Crippen molar-refractivity contribution in [3.05, 3.63) is 90.8 Å². The van der Waals surface area contributed by atoms with E-state index in [1.54, 1.807) is 36.5 Å². The number of thioether (sulfide) groups is 1. The van der Waals surface area contributed by atoms with Crippen LogP contribution >= 0.6 is 50.6 Å². The van der Waals surface area contributed by atoms with E-state index in [9.17, 15) is 9.59 Å². The van der Waals surface area contributed by atoms with Gasteiger partial charge in [0.2, 0.25) is 0 Å². The van der Waals surface area contributed by atoms with Crippen LogP contribution in [-0.4, -0.2) is 24.2 Å². The number of ether oxygens (including phenoxy) is 3. The molecular formula is C22H15BrClNO5S2. The van der Waals surface area contributed by atoms with Crippen molar-refractivity contribution in [2.24, 2.45) is 0 Å². The number of halogens is 2. The van der Waals surface area contributed by atoms with E-state index in [0.717, 1.165) is 21.8 Å². The van der Waals surface area contributed by atoms with E-state index in [-0.39, 0.29) is 17.1 Å². The molecule has 1 aromatic carbocycles. The highest BCUT2D eigenvalue weighted by Gasteiger charge is 2.48. The highest BCUT2D eigenvalue weighted by atomic mass is 79.9. The molecule has 1 unspecified atom stereocenters. The topological polar surface area (TPSA) is 74.7 Å². The molecule has 6 nitrogen and oxygen atoms in total. The number of aromatic nitrogens is 1. The Morgan fingerprint density at radius 3 is 2.75 bits per heavy atom. The average molecular weight is 553 g/mol. The molecule has 0 saturated heterocycles. The average Bonchev–Trinajstić information content (AvgIpc) is 3.33. The maximum Gasteiger partial charge on any atom is 0.513 e. The van der Waals surface area contributed by atoms with Crippen LogP contribution in [0.1, 0.15) is 17.7 Å². The Kier molecular flexibility index (Phi) is 6.90. The molecule has 10 heteroatoms. The number of esters is 1. The Morgan fingerprint density at radius 2 is 2.09 bits per heavy atom. The SMILES string of the molecule is COC(=O)OC1=C(Sc2ccccc2Cl)C(=O)OC(c2ccsc2)(c2ccc(Br)cn2)C1. The van der Waals surface area contributed by atoms with Crippen LogP contribution in [0.4, 0.5) is 4.79 Å². The van der Waals surface area contributed by atoms with Crippen molar-refractivity contribution < 1.29 is 23.8 Å². The lowest BCUT2D eigenvalue weighted by molar-refractivity contribution is -0.154. The first kappa shape index (κ1) is 22.8. The Morgan fingerprint density at radius 1 is 1.28 bits per heavy atom. The first-order valence-electron chi connectivity index (χ1n) is 9.22. The molecule has 0 spiro atoms. The normalized spacial score (nSPS) is 18.3. The van der Waals surface area contributed by atoms with Gasteiger partial charge in [-0.1, -0.05) is 35.5 Å². The highest BCUT2D eigenvalue weighted by Crippen LogP contribution is 2.48. The van der Waals surface area contributed by atoms with Crippen molar-refractivity contribution in [1.82, 2.24) is 4.98 Å². The van der Waals surface area contributed by atoms with Crippen LogP contribution in [0.3, 0.4) is 0 Å².